The standard InChI is InChI=1S/C17H11Br2NO3/c18-14-7-11(5-6-16(21)22)8-15(19)17(14)23-10-13-4-2-1-3-12(13)9-20/h1-8H,10H2,(H,21,22). The first-order valence-corrected chi connectivity index (χ1v) is 8.10. The second kappa shape index (κ2) is 7.95. The topological polar surface area (TPSA) is 70.3 Å². The molecular formula is C17H11Br2NO3. The lowest BCUT2D eigenvalue weighted by molar-refractivity contribution is -0.131. The maximum Gasteiger partial charge on any atom is 0.328 e. The van der Waals surface area contributed by atoms with E-state index in [0.717, 1.165) is 17.2 Å². The van der Waals surface area contributed by atoms with Crippen LogP contribution in [0.3, 0.4) is 0 Å². The van der Waals surface area contributed by atoms with E-state index in [1.54, 1.807) is 24.3 Å². The van der Waals surface area contributed by atoms with Crippen LogP contribution < -0.4 is 4.74 Å². The molecule has 0 bridgehead atoms. The quantitative estimate of drug-likeness (QED) is 0.686. The van der Waals surface area contributed by atoms with Crippen molar-refractivity contribution >= 4 is 43.9 Å². The van der Waals surface area contributed by atoms with Crippen LogP contribution in [-0.2, 0) is 11.4 Å². The smallest absolute Gasteiger partial charge is 0.328 e. The first-order chi connectivity index (χ1) is 11.0. The van der Waals surface area contributed by atoms with Gasteiger partial charge in [0, 0.05) is 11.6 Å². The number of carboxylic acid groups (broad SMARTS) is 1. The number of hydrogen-bond acceptors (Lipinski definition) is 3. The summed E-state index contributed by atoms with van der Waals surface area (Å²) in [4.78, 5) is 10.6. The van der Waals surface area contributed by atoms with Crippen molar-refractivity contribution in [3.8, 4) is 11.8 Å². The van der Waals surface area contributed by atoms with E-state index in [4.69, 9.17) is 15.1 Å². The van der Waals surface area contributed by atoms with Crippen LogP contribution in [-0.4, -0.2) is 11.1 Å². The van der Waals surface area contributed by atoms with Crippen molar-refractivity contribution in [2.24, 2.45) is 0 Å². The van der Waals surface area contributed by atoms with Crippen LogP contribution >= 0.6 is 31.9 Å². The van der Waals surface area contributed by atoms with Gasteiger partial charge in [0.15, 0.2) is 0 Å². The number of carbonyl (C=O) groups is 1. The third-order valence-corrected chi connectivity index (χ3v) is 4.13. The molecule has 0 atom stereocenters. The Bertz CT molecular complexity index is 787. The zero-order valence-electron chi connectivity index (χ0n) is 11.8. The van der Waals surface area contributed by atoms with Crippen LogP contribution in [0.1, 0.15) is 16.7 Å². The van der Waals surface area contributed by atoms with E-state index < -0.39 is 5.97 Å². The maximum atomic E-state index is 10.6. The second-order valence-electron chi connectivity index (χ2n) is 4.54. The lowest BCUT2D eigenvalue weighted by Gasteiger charge is -2.12. The lowest BCUT2D eigenvalue weighted by atomic mass is 10.1. The predicted octanol–water partition coefficient (Wildman–Crippen LogP) is 4.76. The number of ether oxygens (including phenoxy) is 1. The van der Waals surface area contributed by atoms with Gasteiger partial charge < -0.3 is 9.84 Å². The highest BCUT2D eigenvalue weighted by Gasteiger charge is 2.10. The zero-order chi connectivity index (χ0) is 16.8. The number of nitrogens with zero attached hydrogens (tertiary/aromatic N) is 1. The molecule has 4 nitrogen and oxygen atoms in total. The number of hydrogen-bond donors (Lipinski definition) is 1. The number of rotatable bonds is 5. The van der Waals surface area contributed by atoms with E-state index in [0.29, 0.717) is 20.3 Å². The van der Waals surface area contributed by atoms with E-state index in [-0.39, 0.29) is 6.61 Å². The van der Waals surface area contributed by atoms with Crippen molar-refractivity contribution in [1.29, 1.82) is 5.26 Å². The first kappa shape index (κ1) is 17.3. The summed E-state index contributed by atoms with van der Waals surface area (Å²) in [5.41, 5.74) is 2.08. The van der Waals surface area contributed by atoms with Gasteiger partial charge in [0.2, 0.25) is 0 Å². The minimum absolute atomic E-state index is 0.255. The Labute approximate surface area is 150 Å². The normalized spacial score (nSPS) is 10.5. The van der Waals surface area contributed by atoms with Crippen LogP contribution in [0.5, 0.6) is 5.75 Å². The van der Waals surface area contributed by atoms with Gasteiger partial charge in [-0.2, -0.15) is 5.26 Å². The zero-order valence-corrected chi connectivity index (χ0v) is 15.0. The van der Waals surface area contributed by atoms with Crippen LogP contribution in [0.15, 0.2) is 51.4 Å². The molecule has 116 valence electrons. The molecule has 23 heavy (non-hydrogen) atoms. The van der Waals surface area contributed by atoms with Crippen molar-refractivity contribution in [2.75, 3.05) is 0 Å². The first-order valence-electron chi connectivity index (χ1n) is 6.52. The van der Waals surface area contributed by atoms with Gasteiger partial charge >= 0.3 is 5.97 Å². The van der Waals surface area contributed by atoms with Gasteiger partial charge in [-0.3, -0.25) is 0 Å². The number of carboxylic acids is 1. The molecule has 0 saturated heterocycles. The van der Waals surface area contributed by atoms with Crippen LogP contribution in [0.2, 0.25) is 0 Å². The molecule has 1 N–H and O–H groups in total. The fraction of sp³-hybridized carbons (Fsp3) is 0.0588. The van der Waals surface area contributed by atoms with Gasteiger partial charge in [0.05, 0.1) is 20.6 Å². The Morgan fingerprint density at radius 2 is 1.91 bits per heavy atom. The van der Waals surface area contributed by atoms with Gasteiger partial charge in [-0.25, -0.2) is 4.79 Å². The molecule has 2 aromatic rings. The average Bonchev–Trinajstić information content (AvgIpc) is 2.52. The number of halogens is 2. The third kappa shape index (κ3) is 4.68. The molecule has 0 aliphatic heterocycles. The molecule has 6 heteroatoms. The van der Waals surface area contributed by atoms with Gasteiger partial charge in [-0.1, -0.05) is 18.2 Å². The summed E-state index contributed by atoms with van der Waals surface area (Å²) in [6.07, 6.45) is 2.56. The largest absolute Gasteiger partial charge is 0.486 e. The van der Waals surface area contributed by atoms with E-state index >= 15 is 0 Å². The summed E-state index contributed by atoms with van der Waals surface area (Å²) in [6.45, 7) is 0.255. The predicted molar refractivity (Wildman–Crippen MR) is 94.0 cm³/mol. The molecule has 0 aliphatic rings. The minimum Gasteiger partial charge on any atom is -0.486 e. The molecular weight excluding hydrogens is 426 g/mol. The molecule has 0 fully saturated rings. The van der Waals surface area contributed by atoms with Gasteiger partial charge in [-0.15, -0.1) is 0 Å². The van der Waals surface area contributed by atoms with Crippen LogP contribution in [0, 0.1) is 11.3 Å². The van der Waals surface area contributed by atoms with Crippen molar-refractivity contribution in [3.05, 3.63) is 68.1 Å². The SMILES string of the molecule is N#Cc1ccccc1COc1c(Br)cc(C=CC(=O)O)cc1Br. The summed E-state index contributed by atoms with van der Waals surface area (Å²) >= 11 is 6.83. The number of nitriles is 1. The number of benzene rings is 2. The van der Waals surface area contributed by atoms with Crippen molar-refractivity contribution in [2.45, 2.75) is 6.61 Å². The lowest BCUT2D eigenvalue weighted by Crippen LogP contribution is -1.99. The van der Waals surface area contributed by atoms with Crippen LogP contribution in [0.25, 0.3) is 6.08 Å². The third-order valence-electron chi connectivity index (χ3n) is 2.95. The van der Waals surface area contributed by atoms with E-state index in [1.165, 1.54) is 6.08 Å². The summed E-state index contributed by atoms with van der Waals surface area (Å²) in [7, 11) is 0. The molecule has 0 aliphatic carbocycles. The summed E-state index contributed by atoms with van der Waals surface area (Å²) in [5.74, 6) is -0.420. The molecule has 2 rings (SSSR count). The molecule has 0 aromatic heterocycles. The molecule has 0 amide bonds. The Hall–Kier alpha value is -2.10. The Morgan fingerprint density at radius 1 is 1.26 bits per heavy atom. The molecule has 0 unspecified atom stereocenters. The van der Waals surface area contributed by atoms with E-state index in [9.17, 15) is 4.79 Å². The number of aliphatic carboxylic acids is 1. The Balaban J connectivity index is 2.21. The second-order valence-corrected chi connectivity index (χ2v) is 6.25. The highest BCUT2D eigenvalue weighted by atomic mass is 79.9. The van der Waals surface area contributed by atoms with Crippen molar-refractivity contribution in [1.82, 2.24) is 0 Å². The molecule has 0 saturated carbocycles. The Morgan fingerprint density at radius 3 is 2.52 bits per heavy atom. The molecule has 0 heterocycles. The highest BCUT2D eigenvalue weighted by molar-refractivity contribution is 9.11. The van der Waals surface area contributed by atoms with Crippen molar-refractivity contribution < 1.29 is 14.6 Å². The average molecular weight is 437 g/mol. The molecule has 0 spiro atoms. The maximum absolute atomic E-state index is 10.6. The fourth-order valence-corrected chi connectivity index (χ4v) is 3.34. The van der Waals surface area contributed by atoms with Gasteiger partial charge in [0.1, 0.15) is 12.4 Å². The summed E-state index contributed by atoms with van der Waals surface area (Å²) in [5, 5.41) is 17.8. The molecule has 0 radical (unpaired) electrons. The molecule has 2 aromatic carbocycles. The summed E-state index contributed by atoms with van der Waals surface area (Å²) < 4.78 is 7.16. The van der Waals surface area contributed by atoms with Gasteiger partial charge in [0.25, 0.3) is 0 Å². The van der Waals surface area contributed by atoms with Crippen LogP contribution in [0.4, 0.5) is 0 Å². The van der Waals surface area contributed by atoms with E-state index in [2.05, 4.69) is 37.9 Å². The van der Waals surface area contributed by atoms with Crippen molar-refractivity contribution in [3.63, 3.8) is 0 Å². The Kier molecular flexibility index (Phi) is 5.97. The fourth-order valence-electron chi connectivity index (χ4n) is 1.89. The van der Waals surface area contributed by atoms with Gasteiger partial charge in [-0.05, 0) is 61.7 Å². The highest BCUT2D eigenvalue weighted by Crippen LogP contribution is 2.35. The minimum atomic E-state index is -1.01. The van der Waals surface area contributed by atoms with E-state index in [1.807, 2.05) is 12.1 Å². The monoisotopic (exact) mass is 435 g/mol. The summed E-state index contributed by atoms with van der Waals surface area (Å²) in [6, 6.07) is 12.9.